The van der Waals surface area contributed by atoms with E-state index in [0.717, 1.165) is 79.5 Å². The van der Waals surface area contributed by atoms with Crippen molar-refractivity contribution >= 4 is 40.3 Å². The van der Waals surface area contributed by atoms with Gasteiger partial charge in [0.2, 0.25) is 5.52 Å². The van der Waals surface area contributed by atoms with E-state index >= 15 is 0 Å². The first-order chi connectivity index (χ1) is 20.0. The molecule has 3 aliphatic rings. The highest BCUT2D eigenvalue weighted by Crippen LogP contribution is 2.33. The lowest BCUT2D eigenvalue weighted by Crippen LogP contribution is -2.52. The van der Waals surface area contributed by atoms with Crippen LogP contribution in [0.25, 0.3) is 11.2 Å². The largest absolute Gasteiger partial charge is 0.494 e. The van der Waals surface area contributed by atoms with Crippen LogP contribution in [0, 0.1) is 0 Å². The number of likely N-dealkylation sites (tertiary alicyclic amines) is 1. The van der Waals surface area contributed by atoms with Gasteiger partial charge in [0, 0.05) is 63.1 Å². The Morgan fingerprint density at radius 1 is 1.05 bits per heavy atom. The Bertz CT molecular complexity index is 1350. The number of aromatic amines is 2. The van der Waals surface area contributed by atoms with E-state index in [9.17, 15) is 4.79 Å². The van der Waals surface area contributed by atoms with Crippen LogP contribution < -0.4 is 25.3 Å². The van der Waals surface area contributed by atoms with Crippen molar-refractivity contribution < 1.29 is 14.5 Å². The smallest absolute Gasteiger partial charge is 0.320 e. The van der Waals surface area contributed by atoms with Crippen LogP contribution >= 0.6 is 0 Å². The topological polar surface area (TPSA) is 119 Å². The molecular formula is C29H43N10O2+. The van der Waals surface area contributed by atoms with Crippen molar-refractivity contribution in [1.82, 2.24) is 29.7 Å². The number of nitrogens with one attached hydrogen (secondary N) is 4. The predicted octanol–water partition coefficient (Wildman–Crippen LogP) is 3.15. The number of ether oxygens (including phenoxy) is 1. The molecule has 1 unspecified atom stereocenters. The third-order valence-corrected chi connectivity index (χ3v) is 8.79. The van der Waals surface area contributed by atoms with E-state index in [4.69, 9.17) is 9.72 Å². The number of imidazole rings is 1. The number of rotatable bonds is 7. The van der Waals surface area contributed by atoms with Crippen LogP contribution in [-0.2, 0) is 0 Å². The normalized spacial score (nSPS) is 20.2. The molecule has 1 saturated carbocycles. The molecule has 0 radical (unpaired) electrons. The van der Waals surface area contributed by atoms with Gasteiger partial charge in [-0.25, -0.2) is 9.78 Å². The summed E-state index contributed by atoms with van der Waals surface area (Å²) in [7, 11) is 5.86. The number of methoxy groups -OCH3 is 1. The van der Waals surface area contributed by atoms with Crippen molar-refractivity contribution in [3.8, 4) is 5.75 Å². The number of fused-ring (bicyclic) bond motifs is 1. The molecule has 3 fully saturated rings. The molecule has 2 amide bonds. The monoisotopic (exact) mass is 563 g/mol. The number of benzene rings is 1. The fourth-order valence-electron chi connectivity index (χ4n) is 6.27. The van der Waals surface area contributed by atoms with Gasteiger partial charge in [0.1, 0.15) is 5.75 Å². The number of hydrogen-bond acceptors (Lipinski definition) is 8. The number of anilines is 4. The summed E-state index contributed by atoms with van der Waals surface area (Å²) in [4.78, 5) is 37.6. The maximum Gasteiger partial charge on any atom is 0.320 e. The minimum Gasteiger partial charge on any atom is -0.494 e. The number of likely N-dealkylation sites (N-methyl/N-ethyl adjacent to an activating group) is 1. The van der Waals surface area contributed by atoms with Crippen LogP contribution in [0.15, 0.2) is 24.5 Å². The molecule has 12 nitrogen and oxygen atoms in total. The van der Waals surface area contributed by atoms with Gasteiger partial charge in [-0.3, -0.25) is 4.98 Å². The summed E-state index contributed by atoms with van der Waals surface area (Å²) in [5.74, 6) is 2.03. The van der Waals surface area contributed by atoms with Crippen molar-refractivity contribution in [3.05, 3.63) is 24.5 Å². The van der Waals surface area contributed by atoms with Gasteiger partial charge in [0.05, 0.1) is 12.8 Å². The standard InChI is InChI=1S/C29H42N10O2/c1-36(2)22-11-12-39(18-22)29(40)38-15-13-37(14-16-38)21-9-10-23(24(17-21)41-3)33-28-34-26-25(30-19-31-26)27(35-28)32-20-7-5-4-6-8-20/h9-10,17,19-20,22H,4-8,11-16,18H2,1-3H3,(H3,30,31,32,33,34,35)/p+1. The van der Waals surface area contributed by atoms with Gasteiger partial charge in [-0.1, -0.05) is 24.2 Å². The molecule has 6 rings (SSSR count). The Hall–Kier alpha value is -3.80. The van der Waals surface area contributed by atoms with Crippen LogP contribution in [0.4, 0.5) is 27.9 Å². The molecule has 1 atom stereocenters. The third kappa shape index (κ3) is 5.97. The molecule has 2 aromatic heterocycles. The summed E-state index contributed by atoms with van der Waals surface area (Å²) in [5.41, 5.74) is 3.50. The number of aromatic nitrogens is 4. The maximum absolute atomic E-state index is 13.1. The molecule has 4 N–H and O–H groups in total. The van der Waals surface area contributed by atoms with Crippen LogP contribution in [-0.4, -0.2) is 108 Å². The number of piperazine rings is 1. The van der Waals surface area contributed by atoms with E-state index in [1.165, 1.54) is 19.3 Å². The third-order valence-electron chi connectivity index (χ3n) is 8.79. The van der Waals surface area contributed by atoms with Gasteiger partial charge >= 0.3 is 17.6 Å². The summed E-state index contributed by atoms with van der Waals surface area (Å²) in [6.45, 7) is 4.64. The van der Waals surface area contributed by atoms with Gasteiger partial charge in [-0.2, -0.15) is 4.98 Å². The molecule has 4 heterocycles. The number of nitrogens with zero attached hydrogens (tertiary/aromatic N) is 6. The zero-order valence-corrected chi connectivity index (χ0v) is 24.4. The van der Waals surface area contributed by atoms with Crippen LogP contribution in [0.5, 0.6) is 5.75 Å². The molecule has 2 aliphatic heterocycles. The fourth-order valence-corrected chi connectivity index (χ4v) is 6.27. The number of amides is 2. The zero-order valence-electron chi connectivity index (χ0n) is 24.4. The summed E-state index contributed by atoms with van der Waals surface area (Å²) < 4.78 is 5.78. The lowest BCUT2D eigenvalue weighted by atomic mass is 9.95. The van der Waals surface area contributed by atoms with Crippen LogP contribution in [0.1, 0.15) is 38.5 Å². The second-order valence-electron chi connectivity index (χ2n) is 11.7. The molecule has 0 bridgehead atoms. The number of hydrogen-bond donors (Lipinski definition) is 3. The number of urea groups is 1. The first-order valence-electron chi connectivity index (χ1n) is 14.9. The van der Waals surface area contributed by atoms with E-state index in [1.807, 2.05) is 21.9 Å². The van der Waals surface area contributed by atoms with Crippen LogP contribution in [0.2, 0.25) is 0 Å². The summed E-state index contributed by atoms with van der Waals surface area (Å²) in [6, 6.07) is 7.19. The molecule has 0 spiro atoms. The molecule has 220 valence electrons. The Morgan fingerprint density at radius 2 is 1.85 bits per heavy atom. The average Bonchev–Trinajstić information content (AvgIpc) is 3.68. The van der Waals surface area contributed by atoms with Crippen molar-refractivity contribution in [2.24, 2.45) is 0 Å². The number of carbonyl (C=O) groups is 1. The molecule has 1 aromatic carbocycles. The molecule has 3 aromatic rings. The highest BCUT2D eigenvalue weighted by Gasteiger charge is 2.32. The zero-order chi connectivity index (χ0) is 28.3. The van der Waals surface area contributed by atoms with E-state index < -0.39 is 0 Å². The summed E-state index contributed by atoms with van der Waals surface area (Å²) in [6.07, 6.45) is 8.94. The quantitative estimate of drug-likeness (QED) is 0.401. The molecule has 2 saturated heterocycles. The maximum atomic E-state index is 13.1. The first kappa shape index (κ1) is 27.4. The van der Waals surface area contributed by atoms with E-state index in [1.54, 1.807) is 13.4 Å². The molecule has 1 aliphatic carbocycles. The Labute approximate surface area is 241 Å². The van der Waals surface area contributed by atoms with Crippen molar-refractivity contribution in [2.45, 2.75) is 50.6 Å². The minimum absolute atomic E-state index is 0.167. The summed E-state index contributed by atoms with van der Waals surface area (Å²) >= 11 is 0. The molecule has 12 heteroatoms. The average molecular weight is 564 g/mol. The fraction of sp³-hybridized carbons (Fsp3) is 0.586. The Balaban J connectivity index is 1.11. The predicted molar refractivity (Wildman–Crippen MR) is 160 cm³/mol. The molecular weight excluding hydrogens is 520 g/mol. The van der Waals surface area contributed by atoms with E-state index in [-0.39, 0.29) is 6.03 Å². The van der Waals surface area contributed by atoms with Crippen molar-refractivity contribution in [2.75, 3.05) is 76.0 Å². The van der Waals surface area contributed by atoms with Gasteiger partial charge in [0.25, 0.3) is 0 Å². The lowest BCUT2D eigenvalue weighted by molar-refractivity contribution is -0.347. The number of H-pyrrole nitrogens is 2. The minimum atomic E-state index is 0.167. The van der Waals surface area contributed by atoms with Crippen molar-refractivity contribution in [1.29, 1.82) is 0 Å². The second-order valence-corrected chi connectivity index (χ2v) is 11.7. The van der Waals surface area contributed by atoms with E-state index in [2.05, 4.69) is 55.5 Å². The Morgan fingerprint density at radius 3 is 2.59 bits per heavy atom. The van der Waals surface area contributed by atoms with Crippen LogP contribution in [0.3, 0.4) is 0 Å². The second kappa shape index (κ2) is 12.0. The van der Waals surface area contributed by atoms with Gasteiger partial charge in [-0.15, -0.1) is 0 Å². The molecule has 41 heavy (non-hydrogen) atoms. The SMILES string of the molecule is COc1cc(N2CCN(C(=O)N3CCC(N(C)C)C3)CC2)ccc1Nc1nc(NC2CCCCC2)c2[nH]c[nH+]c2n1. The van der Waals surface area contributed by atoms with E-state index in [0.29, 0.717) is 31.1 Å². The highest BCUT2D eigenvalue weighted by atomic mass is 16.5. The first-order valence-corrected chi connectivity index (χ1v) is 14.9. The highest BCUT2D eigenvalue weighted by molar-refractivity contribution is 5.82. The lowest BCUT2D eigenvalue weighted by Gasteiger charge is -2.38. The van der Waals surface area contributed by atoms with Gasteiger partial charge in [-0.05, 0) is 45.5 Å². The summed E-state index contributed by atoms with van der Waals surface area (Å²) in [5, 5.41) is 7.02. The van der Waals surface area contributed by atoms with Crippen molar-refractivity contribution in [3.63, 3.8) is 0 Å². The number of carbonyl (C=O) groups excluding carboxylic acids is 1. The Kier molecular flexibility index (Phi) is 8.00. The van der Waals surface area contributed by atoms with Gasteiger partial charge < -0.3 is 35.0 Å². The van der Waals surface area contributed by atoms with Gasteiger partial charge in [0.15, 0.2) is 12.1 Å².